The Bertz CT molecular complexity index is 1180. The van der Waals surface area contributed by atoms with Gasteiger partial charge >= 0.3 is 0 Å². The molecule has 0 saturated heterocycles. The van der Waals surface area contributed by atoms with Crippen LogP contribution in [0.4, 0.5) is 5.13 Å². The predicted octanol–water partition coefficient (Wildman–Crippen LogP) is 4.21. The van der Waals surface area contributed by atoms with Gasteiger partial charge in [0.15, 0.2) is 0 Å². The van der Waals surface area contributed by atoms with Gasteiger partial charge in [0.05, 0.1) is 6.04 Å². The number of carbonyl (C=O) groups excluding carboxylic acids is 1. The molecule has 1 aromatic heterocycles. The van der Waals surface area contributed by atoms with Crippen molar-refractivity contribution in [1.82, 2.24) is 14.9 Å². The Hall–Kier alpha value is -2.62. The minimum absolute atomic E-state index is 0.142. The van der Waals surface area contributed by atoms with Gasteiger partial charge in [-0.3, -0.25) is 4.79 Å². The molecule has 2 aromatic carbocycles. The summed E-state index contributed by atoms with van der Waals surface area (Å²) < 4.78 is 28.9. The summed E-state index contributed by atoms with van der Waals surface area (Å²) in [6.07, 6.45) is 0. The second-order valence-corrected chi connectivity index (χ2v) is 11.3. The lowest BCUT2D eigenvalue weighted by Gasteiger charge is -2.21. The number of rotatable bonds is 6. The van der Waals surface area contributed by atoms with E-state index in [-0.39, 0.29) is 15.4 Å². The highest BCUT2D eigenvalue weighted by molar-refractivity contribution is 7.91. The van der Waals surface area contributed by atoms with Crippen molar-refractivity contribution in [3.8, 4) is 0 Å². The molecule has 9 heteroatoms. The molecule has 3 rings (SSSR count). The minimum Gasteiger partial charge on any atom is -0.300 e. The first-order valence-electron chi connectivity index (χ1n) is 9.77. The molecular weight excluding hydrogens is 432 g/mol. The third-order valence-electron chi connectivity index (χ3n) is 4.68. The summed E-state index contributed by atoms with van der Waals surface area (Å²) in [4.78, 5) is 12.2. The number of benzene rings is 2. The number of amides is 1. The van der Waals surface area contributed by atoms with E-state index < -0.39 is 21.5 Å². The van der Waals surface area contributed by atoms with Crippen molar-refractivity contribution in [1.29, 1.82) is 0 Å². The molecule has 1 amide bonds. The summed E-state index contributed by atoms with van der Waals surface area (Å²) in [6.45, 7) is 9.23. The van der Waals surface area contributed by atoms with Crippen LogP contribution in [0, 0.1) is 19.3 Å². The van der Waals surface area contributed by atoms with Gasteiger partial charge in [0.25, 0.3) is 10.0 Å². The fraction of sp³-hybridized carbons (Fsp3) is 0.318. The number of hydrogen-bond acceptors (Lipinski definition) is 6. The van der Waals surface area contributed by atoms with Crippen LogP contribution in [0.5, 0.6) is 0 Å². The summed E-state index contributed by atoms with van der Waals surface area (Å²) in [5.74, 6) is -0.266. The molecule has 0 aliphatic rings. The maximum absolute atomic E-state index is 13.1. The highest BCUT2D eigenvalue weighted by atomic mass is 32.2. The van der Waals surface area contributed by atoms with Crippen molar-refractivity contribution in [2.24, 2.45) is 5.41 Å². The lowest BCUT2D eigenvalue weighted by molar-refractivity contribution is -0.123. The zero-order chi connectivity index (χ0) is 22.8. The molecule has 1 atom stereocenters. The third kappa shape index (κ3) is 5.55. The van der Waals surface area contributed by atoms with E-state index in [1.54, 1.807) is 20.8 Å². The quantitative estimate of drug-likeness (QED) is 0.539. The first kappa shape index (κ1) is 23.1. The maximum Gasteiger partial charge on any atom is 0.270 e. The Morgan fingerprint density at radius 1 is 1.03 bits per heavy atom. The molecule has 0 aliphatic heterocycles. The molecule has 0 bridgehead atoms. The molecule has 0 radical (unpaired) electrons. The van der Waals surface area contributed by atoms with Gasteiger partial charge < -0.3 is 5.32 Å². The Morgan fingerprint density at radius 3 is 2.32 bits per heavy atom. The lowest BCUT2D eigenvalue weighted by Crippen LogP contribution is -2.30. The van der Waals surface area contributed by atoms with Crippen molar-refractivity contribution in [2.75, 3.05) is 5.32 Å². The summed E-state index contributed by atoms with van der Waals surface area (Å²) >= 11 is 0.819. The Morgan fingerprint density at radius 2 is 1.71 bits per heavy atom. The molecule has 2 N–H and O–H groups in total. The highest BCUT2D eigenvalue weighted by Crippen LogP contribution is 2.29. The van der Waals surface area contributed by atoms with Crippen LogP contribution in [0.15, 0.2) is 52.9 Å². The van der Waals surface area contributed by atoms with Crippen molar-refractivity contribution < 1.29 is 13.2 Å². The fourth-order valence-corrected chi connectivity index (χ4v) is 5.08. The van der Waals surface area contributed by atoms with Crippen LogP contribution >= 0.6 is 11.3 Å². The normalized spacial score (nSPS) is 13.1. The number of anilines is 1. The number of nitrogens with zero attached hydrogens (tertiary/aromatic N) is 2. The molecule has 3 aromatic rings. The fourth-order valence-electron chi connectivity index (χ4n) is 2.97. The topological polar surface area (TPSA) is 101 Å². The number of aromatic nitrogens is 2. The van der Waals surface area contributed by atoms with Gasteiger partial charge in [-0.2, -0.15) is 4.72 Å². The van der Waals surface area contributed by atoms with Crippen molar-refractivity contribution >= 4 is 32.4 Å². The molecule has 0 spiro atoms. The largest absolute Gasteiger partial charge is 0.300 e. The minimum atomic E-state index is -3.99. The monoisotopic (exact) mass is 458 g/mol. The van der Waals surface area contributed by atoms with Crippen molar-refractivity contribution in [3.05, 3.63) is 70.8 Å². The van der Waals surface area contributed by atoms with Crippen molar-refractivity contribution in [2.45, 2.75) is 45.0 Å². The molecule has 164 valence electrons. The maximum atomic E-state index is 13.1. The van der Waals surface area contributed by atoms with Crippen LogP contribution in [0.1, 0.15) is 49.1 Å². The van der Waals surface area contributed by atoms with E-state index in [4.69, 9.17) is 0 Å². The van der Waals surface area contributed by atoms with E-state index in [9.17, 15) is 13.2 Å². The number of sulfonamides is 1. The van der Waals surface area contributed by atoms with Gasteiger partial charge in [-0.1, -0.05) is 86.2 Å². The summed E-state index contributed by atoms with van der Waals surface area (Å²) in [5.41, 5.74) is 3.10. The molecule has 0 unspecified atom stereocenters. The van der Waals surface area contributed by atoms with Gasteiger partial charge in [0.1, 0.15) is 0 Å². The van der Waals surface area contributed by atoms with Crippen molar-refractivity contribution in [3.63, 3.8) is 0 Å². The van der Waals surface area contributed by atoms with Crippen LogP contribution in [0.2, 0.25) is 0 Å². The lowest BCUT2D eigenvalue weighted by atomic mass is 9.95. The van der Waals surface area contributed by atoms with E-state index in [2.05, 4.69) is 20.2 Å². The van der Waals surface area contributed by atoms with E-state index in [1.807, 2.05) is 62.4 Å². The summed E-state index contributed by atoms with van der Waals surface area (Å²) in [7, 11) is -3.99. The third-order valence-corrected chi connectivity index (χ3v) is 7.31. The van der Waals surface area contributed by atoms with Gasteiger partial charge in [-0.25, -0.2) is 8.42 Å². The SMILES string of the molecule is Cc1ccc([C@H](NS(=O)(=O)c2nnc(NC(=O)C(C)(C)C)s2)c2ccccc2)c(C)c1. The second-order valence-electron chi connectivity index (χ2n) is 8.40. The molecule has 31 heavy (non-hydrogen) atoms. The average molecular weight is 459 g/mol. The number of nitrogens with one attached hydrogen (secondary N) is 2. The van der Waals surface area contributed by atoms with Gasteiger partial charge in [0.2, 0.25) is 15.4 Å². The van der Waals surface area contributed by atoms with E-state index in [0.717, 1.165) is 33.6 Å². The van der Waals surface area contributed by atoms with Gasteiger partial charge in [-0.05, 0) is 30.5 Å². The Labute approximate surface area is 187 Å². The molecule has 1 heterocycles. The smallest absolute Gasteiger partial charge is 0.270 e. The Balaban J connectivity index is 1.93. The molecule has 0 fully saturated rings. The van der Waals surface area contributed by atoms with Crippen LogP contribution in [0.3, 0.4) is 0 Å². The van der Waals surface area contributed by atoms with E-state index in [0.29, 0.717) is 0 Å². The first-order valence-corrected chi connectivity index (χ1v) is 12.1. The van der Waals surface area contributed by atoms with Gasteiger partial charge in [-0.15, -0.1) is 10.2 Å². The summed E-state index contributed by atoms with van der Waals surface area (Å²) in [5, 5.41) is 10.4. The van der Waals surface area contributed by atoms with Crippen LogP contribution < -0.4 is 10.0 Å². The van der Waals surface area contributed by atoms with Crippen LogP contribution in [-0.2, 0) is 14.8 Å². The standard InChI is InChI=1S/C22H26N4O3S2/c1-14-11-12-17(15(2)13-14)18(16-9-7-6-8-10-16)26-31(28,29)21-25-24-20(30-21)23-19(27)22(3,4)5/h6-13,18,26H,1-5H3,(H,23,24,27)/t18-/m1/s1. The highest BCUT2D eigenvalue weighted by Gasteiger charge is 2.28. The molecule has 0 aliphatic carbocycles. The number of carbonyl (C=O) groups is 1. The Kier molecular flexibility index (Phi) is 6.59. The second kappa shape index (κ2) is 8.86. The number of aryl methyl sites for hydroxylation is 2. The molecule has 0 saturated carbocycles. The zero-order valence-corrected chi connectivity index (χ0v) is 19.8. The van der Waals surface area contributed by atoms with Crippen LogP contribution in [0.25, 0.3) is 0 Å². The molecule has 7 nitrogen and oxygen atoms in total. The predicted molar refractivity (Wildman–Crippen MR) is 123 cm³/mol. The van der Waals surface area contributed by atoms with E-state index >= 15 is 0 Å². The first-order chi connectivity index (χ1) is 14.5. The average Bonchev–Trinajstić information content (AvgIpc) is 3.16. The summed E-state index contributed by atoms with van der Waals surface area (Å²) in [6, 6.07) is 14.7. The molecular formula is C22H26N4O3S2. The number of hydrogen-bond donors (Lipinski definition) is 2. The van der Waals surface area contributed by atoms with Gasteiger partial charge in [0, 0.05) is 5.41 Å². The van der Waals surface area contributed by atoms with E-state index in [1.165, 1.54) is 0 Å². The zero-order valence-electron chi connectivity index (χ0n) is 18.1. The van der Waals surface area contributed by atoms with Crippen LogP contribution in [-0.4, -0.2) is 24.5 Å².